The van der Waals surface area contributed by atoms with E-state index in [2.05, 4.69) is 9.97 Å². The van der Waals surface area contributed by atoms with Crippen LogP contribution in [-0.4, -0.2) is 16.6 Å². The SMILES string of the molecule is S=c1nc(C2COc3ccccc3O2)[nH]c2c1CCC2. The van der Waals surface area contributed by atoms with Crippen LogP contribution in [-0.2, 0) is 12.8 Å². The Morgan fingerprint density at radius 1 is 1.20 bits per heavy atom. The number of benzene rings is 1. The number of aromatic nitrogens is 2. The smallest absolute Gasteiger partial charge is 0.190 e. The number of fused-ring (bicyclic) bond motifs is 2. The molecule has 20 heavy (non-hydrogen) atoms. The van der Waals surface area contributed by atoms with Gasteiger partial charge >= 0.3 is 0 Å². The first-order valence-corrected chi connectivity index (χ1v) is 7.22. The second-order valence-corrected chi connectivity index (χ2v) is 5.49. The van der Waals surface area contributed by atoms with Gasteiger partial charge in [-0.25, -0.2) is 4.98 Å². The van der Waals surface area contributed by atoms with E-state index >= 15 is 0 Å². The van der Waals surface area contributed by atoms with Crippen LogP contribution in [0.25, 0.3) is 0 Å². The fraction of sp³-hybridized carbons (Fsp3) is 0.333. The topological polar surface area (TPSA) is 47.1 Å². The molecule has 4 nitrogen and oxygen atoms in total. The van der Waals surface area contributed by atoms with Gasteiger partial charge in [-0.1, -0.05) is 24.4 Å². The molecule has 0 fully saturated rings. The van der Waals surface area contributed by atoms with Crippen LogP contribution in [0.3, 0.4) is 0 Å². The van der Waals surface area contributed by atoms with Crippen molar-refractivity contribution in [2.45, 2.75) is 25.4 Å². The Balaban J connectivity index is 1.70. The van der Waals surface area contributed by atoms with E-state index in [1.54, 1.807) is 0 Å². The quantitative estimate of drug-likeness (QED) is 0.818. The monoisotopic (exact) mass is 286 g/mol. The van der Waals surface area contributed by atoms with Crippen LogP contribution in [0.2, 0.25) is 0 Å². The maximum atomic E-state index is 5.97. The summed E-state index contributed by atoms with van der Waals surface area (Å²) in [5.41, 5.74) is 2.41. The second kappa shape index (κ2) is 4.59. The summed E-state index contributed by atoms with van der Waals surface area (Å²) in [5.74, 6) is 2.30. The molecule has 0 bridgehead atoms. The van der Waals surface area contributed by atoms with E-state index in [0.29, 0.717) is 11.2 Å². The van der Waals surface area contributed by atoms with Crippen LogP contribution in [0.5, 0.6) is 11.5 Å². The summed E-state index contributed by atoms with van der Waals surface area (Å²) in [6.45, 7) is 0.452. The summed E-state index contributed by atoms with van der Waals surface area (Å²) in [6.07, 6.45) is 2.99. The van der Waals surface area contributed by atoms with Crippen LogP contribution >= 0.6 is 12.2 Å². The molecule has 0 radical (unpaired) electrons. The highest BCUT2D eigenvalue weighted by Gasteiger charge is 2.26. The maximum absolute atomic E-state index is 5.97. The zero-order chi connectivity index (χ0) is 13.5. The number of H-pyrrole nitrogens is 1. The van der Waals surface area contributed by atoms with Crippen molar-refractivity contribution < 1.29 is 9.47 Å². The second-order valence-electron chi connectivity index (χ2n) is 5.10. The molecular formula is C15H14N2O2S. The molecule has 0 spiro atoms. The lowest BCUT2D eigenvalue weighted by Crippen LogP contribution is -2.24. The number of hydrogen-bond donors (Lipinski definition) is 1. The van der Waals surface area contributed by atoms with Crippen molar-refractivity contribution in [2.24, 2.45) is 0 Å². The Hall–Kier alpha value is -1.88. The van der Waals surface area contributed by atoms with Gasteiger partial charge in [-0.05, 0) is 31.4 Å². The van der Waals surface area contributed by atoms with Crippen LogP contribution < -0.4 is 9.47 Å². The number of nitrogens with one attached hydrogen (secondary N) is 1. The molecule has 1 aliphatic heterocycles. The molecule has 1 N–H and O–H groups in total. The van der Waals surface area contributed by atoms with E-state index in [-0.39, 0.29) is 6.10 Å². The Morgan fingerprint density at radius 2 is 2.05 bits per heavy atom. The minimum atomic E-state index is -0.225. The first-order valence-electron chi connectivity index (χ1n) is 6.82. The van der Waals surface area contributed by atoms with Crippen molar-refractivity contribution in [3.05, 3.63) is 46.0 Å². The van der Waals surface area contributed by atoms with Crippen molar-refractivity contribution >= 4 is 12.2 Å². The highest BCUT2D eigenvalue weighted by Crippen LogP contribution is 2.35. The van der Waals surface area contributed by atoms with E-state index in [1.165, 1.54) is 11.3 Å². The van der Waals surface area contributed by atoms with Crippen molar-refractivity contribution in [1.29, 1.82) is 0 Å². The third kappa shape index (κ3) is 1.89. The Labute approximate surface area is 121 Å². The minimum absolute atomic E-state index is 0.225. The number of nitrogens with zero attached hydrogens (tertiary/aromatic N) is 1. The fourth-order valence-corrected chi connectivity index (χ4v) is 3.11. The van der Waals surface area contributed by atoms with Crippen molar-refractivity contribution in [1.82, 2.24) is 9.97 Å². The Bertz CT molecular complexity index is 726. The first-order chi connectivity index (χ1) is 9.81. The molecule has 0 saturated heterocycles. The molecule has 2 aliphatic rings. The largest absolute Gasteiger partial charge is 0.485 e. The number of aromatic amines is 1. The molecular weight excluding hydrogens is 272 g/mol. The molecule has 4 rings (SSSR count). The van der Waals surface area contributed by atoms with Gasteiger partial charge in [0, 0.05) is 11.3 Å². The summed E-state index contributed by atoms with van der Waals surface area (Å²) < 4.78 is 12.4. The molecule has 0 amide bonds. The average Bonchev–Trinajstić information content (AvgIpc) is 2.96. The van der Waals surface area contributed by atoms with E-state index in [0.717, 1.165) is 36.6 Å². The van der Waals surface area contributed by atoms with Crippen LogP contribution in [0.15, 0.2) is 24.3 Å². The van der Waals surface area contributed by atoms with Gasteiger partial charge in [0.25, 0.3) is 0 Å². The lowest BCUT2D eigenvalue weighted by Gasteiger charge is -2.26. The Kier molecular flexibility index (Phi) is 2.73. The van der Waals surface area contributed by atoms with E-state index in [9.17, 15) is 0 Å². The summed E-state index contributed by atoms with van der Waals surface area (Å²) in [7, 11) is 0. The minimum Gasteiger partial charge on any atom is -0.485 e. The van der Waals surface area contributed by atoms with Gasteiger partial charge in [0.05, 0.1) is 0 Å². The van der Waals surface area contributed by atoms with Gasteiger partial charge in [0.15, 0.2) is 23.4 Å². The zero-order valence-electron chi connectivity index (χ0n) is 10.9. The van der Waals surface area contributed by atoms with Crippen LogP contribution in [0.4, 0.5) is 0 Å². The molecule has 5 heteroatoms. The van der Waals surface area contributed by atoms with Crippen LogP contribution in [0, 0.1) is 4.64 Å². The lowest BCUT2D eigenvalue weighted by molar-refractivity contribution is 0.0848. The van der Waals surface area contributed by atoms with Crippen LogP contribution in [0.1, 0.15) is 29.6 Å². The molecule has 102 valence electrons. The van der Waals surface area contributed by atoms with Gasteiger partial charge < -0.3 is 14.5 Å². The molecule has 0 saturated carbocycles. The predicted octanol–water partition coefficient (Wildman–Crippen LogP) is 3.14. The van der Waals surface area contributed by atoms with Gasteiger partial charge in [-0.2, -0.15) is 0 Å². The van der Waals surface area contributed by atoms with E-state index in [4.69, 9.17) is 21.7 Å². The van der Waals surface area contributed by atoms with Crippen molar-refractivity contribution in [3.63, 3.8) is 0 Å². The number of ether oxygens (including phenoxy) is 2. The van der Waals surface area contributed by atoms with E-state index < -0.39 is 0 Å². The standard InChI is InChI=1S/C15H14N2O2S/c20-15-9-4-3-5-10(9)16-14(17-15)13-8-18-11-6-1-2-7-12(11)19-13/h1-2,6-7,13H,3-5,8H2,(H,16,17,20). The molecule has 1 atom stereocenters. The Morgan fingerprint density at radius 3 is 2.95 bits per heavy atom. The predicted molar refractivity (Wildman–Crippen MR) is 76.8 cm³/mol. The lowest BCUT2D eigenvalue weighted by atomic mass is 10.2. The normalized spacial score (nSPS) is 19.7. The first kappa shape index (κ1) is 11.9. The highest BCUT2D eigenvalue weighted by atomic mass is 32.1. The van der Waals surface area contributed by atoms with E-state index in [1.807, 2.05) is 24.3 Å². The van der Waals surface area contributed by atoms with Gasteiger partial charge in [-0.15, -0.1) is 0 Å². The molecule has 1 unspecified atom stereocenters. The molecule has 1 aliphatic carbocycles. The van der Waals surface area contributed by atoms with Crippen molar-refractivity contribution in [3.8, 4) is 11.5 Å². The highest BCUT2D eigenvalue weighted by molar-refractivity contribution is 7.71. The number of rotatable bonds is 1. The summed E-state index contributed by atoms with van der Waals surface area (Å²) in [4.78, 5) is 7.88. The summed E-state index contributed by atoms with van der Waals surface area (Å²) in [5, 5.41) is 0. The number of hydrogen-bond acceptors (Lipinski definition) is 4. The summed E-state index contributed by atoms with van der Waals surface area (Å²) >= 11 is 5.39. The zero-order valence-corrected chi connectivity index (χ0v) is 11.7. The third-order valence-corrected chi connectivity index (χ3v) is 4.13. The average molecular weight is 286 g/mol. The number of aryl methyl sites for hydroxylation is 1. The number of para-hydroxylation sites is 2. The molecule has 1 aromatic heterocycles. The van der Waals surface area contributed by atoms with Crippen molar-refractivity contribution in [2.75, 3.05) is 6.61 Å². The fourth-order valence-electron chi connectivity index (χ4n) is 2.78. The van der Waals surface area contributed by atoms with Gasteiger partial charge in [0.1, 0.15) is 11.2 Å². The molecule has 2 heterocycles. The summed E-state index contributed by atoms with van der Waals surface area (Å²) in [6, 6.07) is 7.68. The third-order valence-electron chi connectivity index (χ3n) is 3.79. The molecule has 1 aromatic carbocycles. The maximum Gasteiger partial charge on any atom is 0.190 e. The molecule has 2 aromatic rings. The van der Waals surface area contributed by atoms with Gasteiger partial charge in [0.2, 0.25) is 0 Å². The van der Waals surface area contributed by atoms with Gasteiger partial charge in [-0.3, -0.25) is 0 Å².